The van der Waals surface area contributed by atoms with Crippen LogP contribution in [0.2, 0.25) is 0 Å². The second-order valence-corrected chi connectivity index (χ2v) is 7.29. The van der Waals surface area contributed by atoms with E-state index in [0.717, 1.165) is 6.54 Å². The highest BCUT2D eigenvalue weighted by Crippen LogP contribution is 2.10. The lowest BCUT2D eigenvalue weighted by molar-refractivity contribution is 0.0470. The third kappa shape index (κ3) is 11.1. The lowest BCUT2D eigenvalue weighted by Gasteiger charge is -2.30. The highest BCUT2D eigenvalue weighted by atomic mass is 16.6. The monoisotopic (exact) mass is 286 g/mol. The van der Waals surface area contributed by atoms with Gasteiger partial charge in [0, 0.05) is 12.6 Å². The van der Waals surface area contributed by atoms with Crippen LogP contribution in [0.15, 0.2) is 0 Å². The van der Waals surface area contributed by atoms with Gasteiger partial charge in [0.1, 0.15) is 5.60 Å². The number of carbonyl (C=O) groups excluding carboxylic acids is 1. The maximum Gasteiger partial charge on any atom is 0.408 e. The number of unbranched alkanes of at least 4 members (excludes halogenated alkanes) is 2. The third-order valence-corrected chi connectivity index (χ3v) is 2.97. The fourth-order valence-corrected chi connectivity index (χ4v) is 1.86. The molecule has 2 N–H and O–H groups in total. The minimum absolute atomic E-state index is 0.318. The number of ether oxygens (including phenoxy) is 1. The first kappa shape index (κ1) is 19.2. The summed E-state index contributed by atoms with van der Waals surface area (Å²) in [4.78, 5) is 11.8. The van der Waals surface area contributed by atoms with Crippen molar-refractivity contribution >= 4 is 6.09 Å². The van der Waals surface area contributed by atoms with E-state index in [1.54, 1.807) is 0 Å². The van der Waals surface area contributed by atoms with Crippen molar-refractivity contribution in [3.63, 3.8) is 0 Å². The predicted octanol–water partition coefficient (Wildman–Crippen LogP) is 3.85. The smallest absolute Gasteiger partial charge is 0.408 e. The summed E-state index contributed by atoms with van der Waals surface area (Å²) in [6.45, 7) is 14.8. The van der Waals surface area contributed by atoms with Crippen LogP contribution in [0.5, 0.6) is 0 Å². The van der Waals surface area contributed by atoms with Gasteiger partial charge in [0.05, 0.1) is 5.54 Å². The van der Waals surface area contributed by atoms with Gasteiger partial charge in [-0.05, 0) is 48.0 Å². The molecule has 0 saturated heterocycles. The van der Waals surface area contributed by atoms with Crippen LogP contribution in [0, 0.1) is 0 Å². The molecule has 0 fully saturated rings. The minimum Gasteiger partial charge on any atom is -0.444 e. The van der Waals surface area contributed by atoms with Crippen molar-refractivity contribution in [3.05, 3.63) is 0 Å². The Bertz CT molecular complexity index is 283. The molecule has 20 heavy (non-hydrogen) atoms. The van der Waals surface area contributed by atoms with Gasteiger partial charge in [-0.2, -0.15) is 0 Å². The molecule has 0 saturated carbocycles. The van der Waals surface area contributed by atoms with E-state index in [9.17, 15) is 4.79 Å². The van der Waals surface area contributed by atoms with Crippen LogP contribution in [-0.2, 0) is 4.74 Å². The molecule has 1 atom stereocenters. The summed E-state index contributed by atoms with van der Waals surface area (Å²) in [5, 5.41) is 6.39. The standard InChI is InChI=1S/C16H34N2O2/c1-8-9-10-11-13(2)17-12-16(6,7)18-14(19)20-15(3,4)5/h13,17H,8-12H2,1-7H3,(H,18,19). The molecule has 0 aliphatic heterocycles. The maximum absolute atomic E-state index is 11.8. The Balaban J connectivity index is 4.02. The first-order chi connectivity index (χ1) is 9.06. The number of amides is 1. The molecule has 120 valence electrons. The average molecular weight is 286 g/mol. The minimum atomic E-state index is -0.457. The first-order valence-corrected chi connectivity index (χ1v) is 7.80. The van der Waals surface area contributed by atoms with Gasteiger partial charge in [0.25, 0.3) is 0 Å². The number of hydrogen-bond acceptors (Lipinski definition) is 3. The van der Waals surface area contributed by atoms with Gasteiger partial charge in [0.2, 0.25) is 0 Å². The zero-order valence-electron chi connectivity index (χ0n) is 14.4. The van der Waals surface area contributed by atoms with Gasteiger partial charge in [-0.15, -0.1) is 0 Å². The number of carbonyl (C=O) groups is 1. The van der Waals surface area contributed by atoms with Crippen molar-refractivity contribution < 1.29 is 9.53 Å². The third-order valence-electron chi connectivity index (χ3n) is 2.97. The van der Waals surface area contributed by atoms with Gasteiger partial charge < -0.3 is 15.4 Å². The van der Waals surface area contributed by atoms with Gasteiger partial charge in [-0.25, -0.2) is 4.79 Å². The molecule has 4 heteroatoms. The van der Waals surface area contributed by atoms with E-state index in [4.69, 9.17) is 4.74 Å². The van der Waals surface area contributed by atoms with Crippen LogP contribution in [0.25, 0.3) is 0 Å². The Hall–Kier alpha value is -0.770. The van der Waals surface area contributed by atoms with E-state index in [1.165, 1.54) is 25.7 Å². The van der Waals surface area contributed by atoms with Gasteiger partial charge in [-0.3, -0.25) is 0 Å². The molecule has 0 aromatic heterocycles. The molecule has 0 aromatic rings. The molecule has 4 nitrogen and oxygen atoms in total. The summed E-state index contributed by atoms with van der Waals surface area (Å²) < 4.78 is 5.28. The second kappa shape index (κ2) is 8.50. The maximum atomic E-state index is 11.8. The molecule has 0 radical (unpaired) electrons. The van der Waals surface area contributed by atoms with E-state index in [1.807, 2.05) is 34.6 Å². The Labute approximate surface area is 125 Å². The zero-order chi connectivity index (χ0) is 15.8. The number of rotatable bonds is 8. The van der Waals surface area contributed by atoms with Crippen molar-refractivity contribution in [2.75, 3.05) is 6.54 Å². The summed E-state index contributed by atoms with van der Waals surface area (Å²) in [5.41, 5.74) is -0.775. The predicted molar refractivity (Wildman–Crippen MR) is 85.1 cm³/mol. The molecule has 1 amide bonds. The molecule has 0 aliphatic rings. The summed E-state index contributed by atoms with van der Waals surface area (Å²) >= 11 is 0. The van der Waals surface area contributed by atoms with Crippen LogP contribution in [-0.4, -0.2) is 29.8 Å². The van der Waals surface area contributed by atoms with Crippen LogP contribution in [0.1, 0.15) is 74.1 Å². The summed E-state index contributed by atoms with van der Waals surface area (Å²) in [6, 6.07) is 0.473. The number of alkyl carbamates (subject to hydrolysis) is 1. The molecule has 0 spiro atoms. The van der Waals surface area contributed by atoms with E-state index in [2.05, 4.69) is 24.5 Å². The van der Waals surface area contributed by atoms with E-state index in [-0.39, 0.29) is 11.6 Å². The van der Waals surface area contributed by atoms with Crippen molar-refractivity contribution in [1.82, 2.24) is 10.6 Å². The van der Waals surface area contributed by atoms with E-state index in [0.29, 0.717) is 6.04 Å². The first-order valence-electron chi connectivity index (χ1n) is 7.80. The largest absolute Gasteiger partial charge is 0.444 e. The van der Waals surface area contributed by atoms with Crippen molar-refractivity contribution in [1.29, 1.82) is 0 Å². The Morgan fingerprint density at radius 1 is 1.15 bits per heavy atom. The molecule has 0 bridgehead atoms. The molecule has 0 rings (SSSR count). The van der Waals surface area contributed by atoms with Crippen molar-refractivity contribution in [2.24, 2.45) is 0 Å². The topological polar surface area (TPSA) is 50.4 Å². The van der Waals surface area contributed by atoms with E-state index >= 15 is 0 Å². The fraction of sp³-hybridized carbons (Fsp3) is 0.938. The highest BCUT2D eigenvalue weighted by molar-refractivity contribution is 5.68. The molecule has 0 aromatic carbocycles. The van der Waals surface area contributed by atoms with Crippen LogP contribution >= 0.6 is 0 Å². The average Bonchev–Trinajstić information content (AvgIpc) is 2.23. The fourth-order valence-electron chi connectivity index (χ4n) is 1.86. The lowest BCUT2D eigenvalue weighted by atomic mass is 10.0. The molecular weight excluding hydrogens is 252 g/mol. The second-order valence-electron chi connectivity index (χ2n) is 7.29. The molecular formula is C16H34N2O2. The van der Waals surface area contributed by atoms with Crippen molar-refractivity contribution in [3.8, 4) is 0 Å². The Morgan fingerprint density at radius 2 is 1.75 bits per heavy atom. The van der Waals surface area contributed by atoms with E-state index < -0.39 is 5.60 Å². The van der Waals surface area contributed by atoms with Crippen LogP contribution in [0.3, 0.4) is 0 Å². The van der Waals surface area contributed by atoms with Gasteiger partial charge in [0.15, 0.2) is 0 Å². The van der Waals surface area contributed by atoms with Crippen molar-refractivity contribution in [2.45, 2.75) is 91.3 Å². The van der Waals surface area contributed by atoms with Crippen LogP contribution < -0.4 is 10.6 Å². The normalized spacial score (nSPS) is 13.9. The zero-order valence-corrected chi connectivity index (χ0v) is 14.4. The molecule has 1 unspecified atom stereocenters. The Morgan fingerprint density at radius 3 is 2.25 bits per heavy atom. The SMILES string of the molecule is CCCCCC(C)NCC(C)(C)NC(=O)OC(C)(C)C. The molecule has 0 aliphatic carbocycles. The summed E-state index contributed by atoms with van der Waals surface area (Å²) in [7, 11) is 0. The Kier molecular flexibility index (Phi) is 8.17. The van der Waals surface area contributed by atoms with Crippen LogP contribution in [0.4, 0.5) is 4.79 Å². The van der Waals surface area contributed by atoms with Gasteiger partial charge in [-0.1, -0.05) is 26.2 Å². The quantitative estimate of drug-likeness (QED) is 0.666. The number of hydrogen-bond donors (Lipinski definition) is 2. The molecule has 0 heterocycles. The highest BCUT2D eigenvalue weighted by Gasteiger charge is 2.24. The summed E-state index contributed by atoms with van der Waals surface area (Å²) in [6.07, 6.45) is 4.60. The summed E-state index contributed by atoms with van der Waals surface area (Å²) in [5.74, 6) is 0. The number of nitrogens with one attached hydrogen (secondary N) is 2. The lowest BCUT2D eigenvalue weighted by Crippen LogP contribution is -2.52. The van der Waals surface area contributed by atoms with Gasteiger partial charge >= 0.3 is 6.09 Å².